The van der Waals surface area contributed by atoms with Gasteiger partial charge >= 0.3 is 0 Å². The van der Waals surface area contributed by atoms with Crippen molar-refractivity contribution in [3.8, 4) is 28.1 Å². The van der Waals surface area contributed by atoms with Crippen molar-refractivity contribution in [1.29, 1.82) is 0 Å². The number of hydrogen-bond donors (Lipinski definition) is 0. The lowest BCUT2D eigenvalue weighted by Crippen LogP contribution is -2.31. The van der Waals surface area contributed by atoms with Crippen molar-refractivity contribution in [3.05, 3.63) is 121 Å². The van der Waals surface area contributed by atoms with E-state index in [9.17, 15) is 4.79 Å². The van der Waals surface area contributed by atoms with Crippen molar-refractivity contribution in [2.75, 3.05) is 12.0 Å². The molecule has 3 aromatic carbocycles. The number of fused-ring (bicyclic) bond motifs is 1. The SMILES string of the molecule is COc1ccc2oc(N(C=O)[C@@H](Cc3ccccn3)c3ncc(-c4ccc(-c5ccccc5)cc4)n3C)cc2c1. The highest BCUT2D eigenvalue weighted by Crippen LogP contribution is 2.35. The van der Waals surface area contributed by atoms with Gasteiger partial charge in [0.15, 0.2) is 0 Å². The minimum atomic E-state index is -0.461. The predicted octanol–water partition coefficient (Wildman–Crippen LogP) is 6.85. The molecule has 0 fully saturated rings. The van der Waals surface area contributed by atoms with E-state index in [1.54, 1.807) is 18.2 Å². The average molecular weight is 529 g/mol. The van der Waals surface area contributed by atoms with Crippen molar-refractivity contribution < 1.29 is 13.9 Å². The molecule has 198 valence electrons. The Hall–Kier alpha value is -5.17. The molecule has 0 saturated carbocycles. The first-order chi connectivity index (χ1) is 19.6. The average Bonchev–Trinajstić information content (AvgIpc) is 3.61. The van der Waals surface area contributed by atoms with Crippen LogP contribution >= 0.6 is 0 Å². The van der Waals surface area contributed by atoms with E-state index < -0.39 is 6.04 Å². The number of benzene rings is 3. The molecule has 40 heavy (non-hydrogen) atoms. The highest BCUT2D eigenvalue weighted by Gasteiger charge is 2.29. The molecule has 3 heterocycles. The summed E-state index contributed by atoms with van der Waals surface area (Å²) in [5.41, 5.74) is 5.80. The van der Waals surface area contributed by atoms with Gasteiger partial charge in [-0.1, -0.05) is 60.7 Å². The molecule has 0 saturated heterocycles. The number of carbonyl (C=O) groups excluding carboxylic acids is 1. The van der Waals surface area contributed by atoms with E-state index in [-0.39, 0.29) is 0 Å². The molecule has 7 nitrogen and oxygen atoms in total. The van der Waals surface area contributed by atoms with Gasteiger partial charge in [-0.25, -0.2) is 4.98 Å². The molecule has 0 spiro atoms. The number of aromatic nitrogens is 3. The molecule has 0 aliphatic heterocycles. The molecular weight excluding hydrogens is 500 g/mol. The first kappa shape index (κ1) is 25.1. The second-order valence-electron chi connectivity index (χ2n) is 9.55. The van der Waals surface area contributed by atoms with Crippen molar-refractivity contribution in [1.82, 2.24) is 14.5 Å². The summed E-state index contributed by atoms with van der Waals surface area (Å²) in [5.74, 6) is 1.86. The smallest absolute Gasteiger partial charge is 0.217 e. The Kier molecular flexibility index (Phi) is 6.85. The van der Waals surface area contributed by atoms with Crippen molar-refractivity contribution >= 4 is 23.3 Å². The third-order valence-corrected chi connectivity index (χ3v) is 7.15. The van der Waals surface area contributed by atoms with Crippen LogP contribution in [0.3, 0.4) is 0 Å². The van der Waals surface area contributed by atoms with Gasteiger partial charge in [0.2, 0.25) is 12.3 Å². The van der Waals surface area contributed by atoms with Gasteiger partial charge in [0.05, 0.1) is 19.0 Å². The zero-order chi connectivity index (χ0) is 27.5. The summed E-state index contributed by atoms with van der Waals surface area (Å²) in [6.07, 6.45) is 4.86. The molecule has 0 radical (unpaired) electrons. The standard InChI is InChI=1S/C33H28N4O3/c1-36-30(25-13-11-24(12-14-25)23-8-4-3-5-9-23)21-35-33(36)29(20-27-10-6-7-17-34-27)37(22-38)32-19-26-18-28(39-2)15-16-31(26)40-32/h3-19,21-22,29H,20H2,1-2H3/t29-/m0/s1. The van der Waals surface area contributed by atoms with Crippen LogP contribution in [0.25, 0.3) is 33.4 Å². The van der Waals surface area contributed by atoms with Gasteiger partial charge in [-0.05, 0) is 47.0 Å². The lowest BCUT2D eigenvalue weighted by molar-refractivity contribution is -0.108. The van der Waals surface area contributed by atoms with Crippen LogP contribution in [0.5, 0.6) is 5.75 Å². The molecule has 7 heteroatoms. The van der Waals surface area contributed by atoms with Gasteiger partial charge in [0, 0.05) is 36.8 Å². The van der Waals surface area contributed by atoms with Crippen molar-refractivity contribution in [2.45, 2.75) is 12.5 Å². The zero-order valence-electron chi connectivity index (χ0n) is 22.3. The second kappa shape index (κ2) is 10.9. The Labute approximate surface area is 232 Å². The number of hydrogen-bond acceptors (Lipinski definition) is 5. The van der Waals surface area contributed by atoms with Crippen LogP contribution in [0.1, 0.15) is 17.6 Å². The second-order valence-corrected chi connectivity index (χ2v) is 9.55. The van der Waals surface area contributed by atoms with Crippen LogP contribution in [0.15, 0.2) is 114 Å². The maximum atomic E-state index is 12.7. The van der Waals surface area contributed by atoms with Crippen LogP contribution in [0.4, 0.5) is 5.88 Å². The summed E-state index contributed by atoms with van der Waals surface area (Å²) in [7, 11) is 3.59. The summed E-state index contributed by atoms with van der Waals surface area (Å²) >= 11 is 0. The predicted molar refractivity (Wildman–Crippen MR) is 156 cm³/mol. The molecule has 0 aliphatic carbocycles. The summed E-state index contributed by atoms with van der Waals surface area (Å²) in [4.78, 5) is 23.6. The third kappa shape index (κ3) is 4.85. The minimum Gasteiger partial charge on any atom is -0.497 e. The van der Waals surface area contributed by atoms with Gasteiger partial charge in [-0.2, -0.15) is 0 Å². The number of rotatable bonds is 9. The molecule has 1 atom stereocenters. The molecule has 6 rings (SSSR count). The molecule has 0 bridgehead atoms. The molecule has 1 amide bonds. The van der Waals surface area contributed by atoms with E-state index in [1.807, 2.05) is 78.5 Å². The molecule has 3 aromatic heterocycles. The number of amides is 1. The van der Waals surface area contributed by atoms with E-state index in [4.69, 9.17) is 14.1 Å². The number of imidazole rings is 1. The number of ether oxygens (including phenoxy) is 1. The van der Waals surface area contributed by atoms with Crippen LogP contribution < -0.4 is 9.64 Å². The maximum Gasteiger partial charge on any atom is 0.217 e. The Morgan fingerprint density at radius 2 is 1.65 bits per heavy atom. The van der Waals surface area contributed by atoms with Gasteiger partial charge in [0.25, 0.3) is 0 Å². The molecule has 0 N–H and O–H groups in total. The van der Waals surface area contributed by atoms with Crippen LogP contribution in [0.2, 0.25) is 0 Å². The molecule has 6 aromatic rings. The van der Waals surface area contributed by atoms with Gasteiger partial charge in [-0.15, -0.1) is 0 Å². The van der Waals surface area contributed by atoms with Crippen LogP contribution in [-0.4, -0.2) is 28.1 Å². The molecule has 0 aliphatic rings. The zero-order valence-corrected chi connectivity index (χ0v) is 22.3. The van der Waals surface area contributed by atoms with E-state index in [0.717, 1.165) is 45.9 Å². The number of nitrogens with zero attached hydrogens (tertiary/aromatic N) is 4. The number of anilines is 1. The van der Waals surface area contributed by atoms with Crippen molar-refractivity contribution in [3.63, 3.8) is 0 Å². The fourth-order valence-electron chi connectivity index (χ4n) is 5.04. The summed E-state index contributed by atoms with van der Waals surface area (Å²) in [6.45, 7) is 0. The van der Waals surface area contributed by atoms with Crippen molar-refractivity contribution in [2.24, 2.45) is 7.05 Å². The highest BCUT2D eigenvalue weighted by atomic mass is 16.5. The number of furan rings is 1. The fourth-order valence-corrected chi connectivity index (χ4v) is 5.04. The summed E-state index contributed by atoms with van der Waals surface area (Å²) in [6, 6.07) is 31.4. The van der Waals surface area contributed by atoms with E-state index in [2.05, 4.69) is 41.4 Å². The Bertz CT molecular complexity index is 1740. The fraction of sp³-hybridized carbons (Fsp3) is 0.121. The third-order valence-electron chi connectivity index (χ3n) is 7.15. The first-order valence-corrected chi connectivity index (χ1v) is 13.0. The van der Waals surface area contributed by atoms with Crippen LogP contribution in [0, 0.1) is 0 Å². The largest absolute Gasteiger partial charge is 0.497 e. The lowest BCUT2D eigenvalue weighted by atomic mass is 10.0. The number of carbonyl (C=O) groups is 1. The van der Waals surface area contributed by atoms with E-state index in [0.29, 0.717) is 17.9 Å². The van der Waals surface area contributed by atoms with E-state index in [1.165, 1.54) is 5.56 Å². The highest BCUT2D eigenvalue weighted by molar-refractivity contribution is 5.86. The summed E-state index contributed by atoms with van der Waals surface area (Å²) < 4.78 is 13.5. The Balaban J connectivity index is 1.39. The van der Waals surface area contributed by atoms with Gasteiger partial charge in [-0.3, -0.25) is 14.7 Å². The monoisotopic (exact) mass is 528 g/mol. The van der Waals surface area contributed by atoms with E-state index >= 15 is 0 Å². The molecule has 0 unspecified atom stereocenters. The molecular formula is C33H28N4O3. The summed E-state index contributed by atoms with van der Waals surface area (Å²) in [5, 5.41) is 0.844. The minimum absolute atomic E-state index is 0.427. The quantitative estimate of drug-likeness (QED) is 0.192. The number of pyridine rings is 1. The topological polar surface area (TPSA) is 73.4 Å². The normalized spacial score (nSPS) is 11.8. The Morgan fingerprint density at radius 3 is 2.38 bits per heavy atom. The van der Waals surface area contributed by atoms with Gasteiger partial charge in [0.1, 0.15) is 23.2 Å². The van der Waals surface area contributed by atoms with Gasteiger partial charge < -0.3 is 13.7 Å². The Morgan fingerprint density at radius 1 is 0.900 bits per heavy atom. The maximum absolute atomic E-state index is 12.7. The number of methoxy groups -OCH3 is 1. The van der Waals surface area contributed by atoms with Crippen LogP contribution in [-0.2, 0) is 18.3 Å². The lowest BCUT2D eigenvalue weighted by Gasteiger charge is -2.26. The first-order valence-electron chi connectivity index (χ1n) is 13.0.